The Bertz CT molecular complexity index is 902. The monoisotopic (exact) mass is 384 g/mol. The summed E-state index contributed by atoms with van der Waals surface area (Å²) in [6.45, 7) is 5.57. The molecule has 0 bridgehead atoms. The van der Waals surface area contributed by atoms with Crippen LogP contribution in [0.25, 0.3) is 0 Å². The SMILES string of the molecule is Cc1cccc(C(=O)N2CCCn3nc(C(=O)N4CCOCC4)cc3C2)c1O. The minimum atomic E-state index is -0.211. The fourth-order valence-electron chi connectivity index (χ4n) is 3.67. The molecule has 0 saturated carbocycles. The number of fused-ring (bicyclic) bond motifs is 1. The van der Waals surface area contributed by atoms with Crippen LogP contribution in [0.3, 0.4) is 0 Å². The summed E-state index contributed by atoms with van der Waals surface area (Å²) in [6.07, 6.45) is 0.734. The summed E-state index contributed by atoms with van der Waals surface area (Å²) >= 11 is 0. The molecule has 148 valence electrons. The standard InChI is InChI=1S/C20H24N4O4/c1-14-4-2-5-16(18(14)25)19(26)23-6-3-7-24-15(13-23)12-17(21-24)20(27)22-8-10-28-11-9-22/h2,4-5,12,25H,3,6-11,13H2,1H3. The fraction of sp³-hybridized carbons (Fsp3) is 0.450. The van der Waals surface area contributed by atoms with E-state index in [0.717, 1.165) is 12.1 Å². The summed E-state index contributed by atoms with van der Waals surface area (Å²) in [6, 6.07) is 6.95. The molecule has 8 nitrogen and oxygen atoms in total. The number of aryl methyl sites for hydroxylation is 2. The van der Waals surface area contributed by atoms with Crippen molar-refractivity contribution in [1.82, 2.24) is 19.6 Å². The molecule has 0 aliphatic carbocycles. The Balaban J connectivity index is 1.55. The molecule has 1 N–H and O–H groups in total. The molecule has 28 heavy (non-hydrogen) atoms. The lowest BCUT2D eigenvalue weighted by Gasteiger charge is -2.26. The van der Waals surface area contributed by atoms with Gasteiger partial charge in [-0.25, -0.2) is 0 Å². The van der Waals surface area contributed by atoms with Gasteiger partial charge in [-0.3, -0.25) is 14.3 Å². The van der Waals surface area contributed by atoms with Crippen LogP contribution >= 0.6 is 0 Å². The van der Waals surface area contributed by atoms with Crippen molar-refractivity contribution in [2.75, 3.05) is 32.8 Å². The molecule has 0 atom stereocenters. The van der Waals surface area contributed by atoms with Gasteiger partial charge in [0.15, 0.2) is 5.69 Å². The number of amides is 2. The van der Waals surface area contributed by atoms with E-state index in [1.165, 1.54) is 0 Å². The normalized spacial score (nSPS) is 17.2. The predicted molar refractivity (Wildman–Crippen MR) is 101 cm³/mol. The Morgan fingerprint density at radius 1 is 1.07 bits per heavy atom. The minimum absolute atomic E-state index is 0.0217. The second-order valence-corrected chi connectivity index (χ2v) is 7.20. The fourth-order valence-corrected chi connectivity index (χ4v) is 3.67. The highest BCUT2D eigenvalue weighted by Gasteiger charge is 2.27. The van der Waals surface area contributed by atoms with Gasteiger partial charge in [0.2, 0.25) is 0 Å². The van der Waals surface area contributed by atoms with Crippen molar-refractivity contribution in [3.63, 3.8) is 0 Å². The number of rotatable bonds is 2. The van der Waals surface area contributed by atoms with E-state index in [9.17, 15) is 14.7 Å². The van der Waals surface area contributed by atoms with E-state index in [1.54, 1.807) is 41.0 Å². The van der Waals surface area contributed by atoms with Gasteiger partial charge in [0, 0.05) is 26.2 Å². The third-order valence-corrected chi connectivity index (χ3v) is 5.29. The van der Waals surface area contributed by atoms with E-state index in [0.29, 0.717) is 62.8 Å². The molecule has 1 aromatic carbocycles. The molecule has 1 saturated heterocycles. The molecule has 0 spiro atoms. The quantitative estimate of drug-likeness (QED) is 0.846. The molecule has 0 unspecified atom stereocenters. The molecule has 8 heteroatoms. The van der Waals surface area contributed by atoms with Crippen LogP contribution in [0.4, 0.5) is 0 Å². The maximum Gasteiger partial charge on any atom is 0.274 e. The van der Waals surface area contributed by atoms with Crippen LogP contribution in [-0.2, 0) is 17.8 Å². The van der Waals surface area contributed by atoms with Gasteiger partial charge in [-0.15, -0.1) is 0 Å². The number of morpholine rings is 1. The van der Waals surface area contributed by atoms with Gasteiger partial charge in [-0.2, -0.15) is 5.10 Å². The number of aromatic hydroxyl groups is 1. The maximum atomic E-state index is 13.0. The summed E-state index contributed by atoms with van der Waals surface area (Å²) < 4.78 is 7.12. The third-order valence-electron chi connectivity index (χ3n) is 5.29. The predicted octanol–water partition coefficient (Wildman–Crippen LogP) is 1.42. The lowest BCUT2D eigenvalue weighted by Crippen LogP contribution is -2.40. The van der Waals surface area contributed by atoms with Crippen molar-refractivity contribution in [3.05, 3.63) is 46.8 Å². The zero-order valence-electron chi connectivity index (χ0n) is 15.9. The summed E-state index contributed by atoms with van der Waals surface area (Å²) in [5.74, 6) is -0.288. The molecular formula is C20H24N4O4. The molecule has 4 rings (SSSR count). The van der Waals surface area contributed by atoms with Gasteiger partial charge in [0.25, 0.3) is 11.8 Å². The number of benzene rings is 1. The number of nitrogens with zero attached hydrogens (tertiary/aromatic N) is 4. The van der Waals surface area contributed by atoms with Crippen molar-refractivity contribution in [3.8, 4) is 5.75 Å². The number of hydrogen-bond acceptors (Lipinski definition) is 5. The summed E-state index contributed by atoms with van der Waals surface area (Å²) in [7, 11) is 0. The van der Waals surface area contributed by atoms with Crippen molar-refractivity contribution in [2.45, 2.75) is 26.4 Å². The topological polar surface area (TPSA) is 87.9 Å². The molecule has 2 amide bonds. The Morgan fingerprint density at radius 3 is 2.64 bits per heavy atom. The number of hydrogen-bond donors (Lipinski definition) is 1. The van der Waals surface area contributed by atoms with Crippen molar-refractivity contribution < 1.29 is 19.4 Å². The zero-order valence-corrected chi connectivity index (χ0v) is 15.9. The highest BCUT2D eigenvalue weighted by Crippen LogP contribution is 2.25. The van der Waals surface area contributed by atoms with Gasteiger partial charge in [0.1, 0.15) is 5.75 Å². The number of phenolic OH excluding ortho intramolecular Hbond substituents is 1. The van der Waals surface area contributed by atoms with Crippen LogP contribution in [0.2, 0.25) is 0 Å². The molecule has 1 aromatic heterocycles. The Labute approximate surface area is 163 Å². The van der Waals surface area contributed by atoms with Crippen LogP contribution in [0, 0.1) is 6.92 Å². The summed E-state index contributed by atoms with van der Waals surface area (Å²) in [5, 5.41) is 14.7. The lowest BCUT2D eigenvalue weighted by molar-refractivity contribution is 0.0298. The number of carbonyl (C=O) groups excluding carboxylic acids is 2. The van der Waals surface area contributed by atoms with E-state index in [1.807, 2.05) is 4.68 Å². The van der Waals surface area contributed by atoms with Crippen molar-refractivity contribution >= 4 is 11.8 Å². The Hall–Kier alpha value is -2.87. The lowest BCUT2D eigenvalue weighted by atomic mass is 10.1. The molecule has 2 aliphatic heterocycles. The van der Waals surface area contributed by atoms with Crippen LogP contribution in [0.5, 0.6) is 5.75 Å². The molecule has 2 aromatic rings. The summed E-state index contributed by atoms with van der Waals surface area (Å²) in [5.41, 5.74) is 2.21. The largest absolute Gasteiger partial charge is 0.507 e. The van der Waals surface area contributed by atoms with Gasteiger partial charge in [-0.05, 0) is 31.0 Å². The first kappa shape index (κ1) is 18.5. The average molecular weight is 384 g/mol. The van der Waals surface area contributed by atoms with Crippen molar-refractivity contribution in [1.29, 1.82) is 0 Å². The molecular weight excluding hydrogens is 360 g/mol. The first-order valence-electron chi connectivity index (χ1n) is 9.56. The van der Waals surface area contributed by atoms with Crippen LogP contribution in [0.1, 0.15) is 38.5 Å². The number of phenols is 1. The number of ether oxygens (including phenoxy) is 1. The maximum absolute atomic E-state index is 13.0. The van der Waals surface area contributed by atoms with Crippen LogP contribution in [-0.4, -0.2) is 69.3 Å². The average Bonchev–Trinajstić information content (AvgIpc) is 3.01. The first-order valence-corrected chi connectivity index (χ1v) is 9.56. The van der Waals surface area contributed by atoms with Gasteiger partial charge in [-0.1, -0.05) is 12.1 Å². The van der Waals surface area contributed by atoms with E-state index < -0.39 is 0 Å². The van der Waals surface area contributed by atoms with E-state index >= 15 is 0 Å². The molecule has 1 fully saturated rings. The number of carbonyl (C=O) groups is 2. The number of aromatic nitrogens is 2. The molecule has 2 aliphatic rings. The van der Waals surface area contributed by atoms with E-state index in [2.05, 4.69) is 5.10 Å². The minimum Gasteiger partial charge on any atom is -0.507 e. The highest BCUT2D eigenvalue weighted by atomic mass is 16.5. The zero-order chi connectivity index (χ0) is 19.7. The Morgan fingerprint density at radius 2 is 1.86 bits per heavy atom. The van der Waals surface area contributed by atoms with Gasteiger partial charge < -0.3 is 19.6 Å². The highest BCUT2D eigenvalue weighted by molar-refractivity contribution is 5.97. The van der Waals surface area contributed by atoms with E-state index in [-0.39, 0.29) is 17.6 Å². The second-order valence-electron chi connectivity index (χ2n) is 7.20. The van der Waals surface area contributed by atoms with Gasteiger partial charge >= 0.3 is 0 Å². The smallest absolute Gasteiger partial charge is 0.274 e. The van der Waals surface area contributed by atoms with E-state index in [4.69, 9.17) is 4.74 Å². The third kappa shape index (κ3) is 3.47. The number of para-hydroxylation sites is 1. The molecule has 3 heterocycles. The first-order chi connectivity index (χ1) is 13.5. The summed E-state index contributed by atoms with van der Waals surface area (Å²) in [4.78, 5) is 29.1. The second kappa shape index (κ2) is 7.63. The van der Waals surface area contributed by atoms with Crippen molar-refractivity contribution in [2.24, 2.45) is 0 Å². The van der Waals surface area contributed by atoms with Crippen LogP contribution in [0.15, 0.2) is 24.3 Å². The molecule has 0 radical (unpaired) electrons. The Kier molecular flexibility index (Phi) is 5.04. The van der Waals surface area contributed by atoms with Crippen LogP contribution < -0.4 is 0 Å². The van der Waals surface area contributed by atoms with Gasteiger partial charge in [0.05, 0.1) is 31.0 Å².